The van der Waals surface area contributed by atoms with Crippen LogP contribution in [0, 0.1) is 11.3 Å². The van der Waals surface area contributed by atoms with Crippen LogP contribution < -0.4 is 10.3 Å². The summed E-state index contributed by atoms with van der Waals surface area (Å²) in [4.78, 5) is 11.1. The molecule has 0 saturated carbocycles. The largest absolute Gasteiger partial charge is 0.495 e. The Bertz CT molecular complexity index is 688. The number of nitrogens with one attached hydrogen (secondary N) is 1. The molecular weight excluding hydrogens is 254 g/mol. The van der Waals surface area contributed by atoms with E-state index in [0.717, 1.165) is 0 Å². The Morgan fingerprint density at radius 1 is 1.44 bits per heavy atom. The molecule has 0 atom stereocenters. The molecule has 18 heavy (non-hydrogen) atoms. The van der Waals surface area contributed by atoms with Gasteiger partial charge in [-0.05, 0) is 18.2 Å². The normalized spacial score (nSPS) is 9.83. The number of aromatic nitrogens is 2. The fourth-order valence-corrected chi connectivity index (χ4v) is 1.78. The average molecular weight is 262 g/mol. The van der Waals surface area contributed by atoms with Gasteiger partial charge in [0.05, 0.1) is 17.7 Å². The first-order valence-corrected chi connectivity index (χ1v) is 5.37. The summed E-state index contributed by atoms with van der Waals surface area (Å²) in [5.74, 6) is 0.531. The second-order valence-corrected chi connectivity index (χ2v) is 3.86. The molecule has 0 bridgehead atoms. The molecule has 0 aliphatic carbocycles. The number of methoxy groups -OCH3 is 1. The standard InChI is InChI=1S/C12H8ClN3O2/c1-18-10-3-2-7(4-9(10)13)12-8(6-14)5-11(17)15-16-12/h2-5H,1H3,(H,15,17). The maximum absolute atomic E-state index is 11.1. The highest BCUT2D eigenvalue weighted by Crippen LogP contribution is 2.29. The van der Waals surface area contributed by atoms with E-state index in [9.17, 15) is 4.79 Å². The molecule has 0 aliphatic heterocycles. The first-order chi connectivity index (χ1) is 8.65. The van der Waals surface area contributed by atoms with Crippen molar-refractivity contribution in [2.24, 2.45) is 0 Å². The van der Waals surface area contributed by atoms with E-state index in [4.69, 9.17) is 21.6 Å². The zero-order valence-electron chi connectivity index (χ0n) is 9.40. The molecule has 1 heterocycles. The molecule has 2 aromatic rings. The molecule has 90 valence electrons. The Kier molecular flexibility index (Phi) is 3.31. The van der Waals surface area contributed by atoms with Crippen LogP contribution in [0.3, 0.4) is 0 Å². The number of nitriles is 1. The molecule has 2 rings (SSSR count). The van der Waals surface area contributed by atoms with Crippen molar-refractivity contribution in [2.75, 3.05) is 7.11 Å². The summed E-state index contributed by atoms with van der Waals surface area (Å²) >= 11 is 6.00. The van der Waals surface area contributed by atoms with E-state index in [2.05, 4.69) is 10.2 Å². The SMILES string of the molecule is COc1ccc(-c2n[nH]c(=O)cc2C#N)cc1Cl. The molecule has 1 aromatic heterocycles. The fourth-order valence-electron chi connectivity index (χ4n) is 1.52. The summed E-state index contributed by atoms with van der Waals surface area (Å²) in [6.07, 6.45) is 0. The fraction of sp³-hybridized carbons (Fsp3) is 0.0833. The number of ether oxygens (including phenoxy) is 1. The van der Waals surface area contributed by atoms with Crippen LogP contribution in [0.25, 0.3) is 11.3 Å². The van der Waals surface area contributed by atoms with Gasteiger partial charge in [0.15, 0.2) is 0 Å². The number of nitrogens with zero attached hydrogens (tertiary/aromatic N) is 2. The molecule has 0 fully saturated rings. The maximum atomic E-state index is 11.1. The van der Waals surface area contributed by atoms with Gasteiger partial charge in [-0.2, -0.15) is 10.4 Å². The quantitative estimate of drug-likeness (QED) is 0.896. The van der Waals surface area contributed by atoms with Gasteiger partial charge in [-0.25, -0.2) is 5.10 Å². The van der Waals surface area contributed by atoms with Crippen molar-refractivity contribution in [2.45, 2.75) is 0 Å². The van der Waals surface area contributed by atoms with Crippen LogP contribution in [0.5, 0.6) is 5.75 Å². The van der Waals surface area contributed by atoms with Crippen LogP contribution in [0.15, 0.2) is 29.1 Å². The number of benzene rings is 1. The number of hydrogen-bond acceptors (Lipinski definition) is 4. The van der Waals surface area contributed by atoms with Gasteiger partial charge in [0.25, 0.3) is 5.56 Å². The highest BCUT2D eigenvalue weighted by atomic mass is 35.5. The predicted molar refractivity (Wildman–Crippen MR) is 66.6 cm³/mol. The number of hydrogen-bond donors (Lipinski definition) is 1. The second-order valence-electron chi connectivity index (χ2n) is 3.46. The zero-order valence-corrected chi connectivity index (χ0v) is 10.2. The molecule has 0 unspecified atom stereocenters. The molecule has 6 heteroatoms. The van der Waals surface area contributed by atoms with E-state index in [0.29, 0.717) is 22.0 Å². The molecule has 5 nitrogen and oxygen atoms in total. The molecular formula is C12H8ClN3O2. The zero-order chi connectivity index (χ0) is 13.1. The third kappa shape index (κ3) is 2.19. The van der Waals surface area contributed by atoms with Gasteiger partial charge in [0.1, 0.15) is 17.5 Å². The van der Waals surface area contributed by atoms with Crippen molar-refractivity contribution in [1.29, 1.82) is 5.26 Å². The number of rotatable bonds is 2. The van der Waals surface area contributed by atoms with E-state index < -0.39 is 5.56 Å². The maximum Gasteiger partial charge on any atom is 0.265 e. The Balaban J connectivity index is 2.59. The Labute approximate surface area is 108 Å². The van der Waals surface area contributed by atoms with Crippen molar-refractivity contribution < 1.29 is 4.74 Å². The molecule has 1 N–H and O–H groups in total. The Morgan fingerprint density at radius 2 is 2.22 bits per heavy atom. The van der Waals surface area contributed by atoms with Gasteiger partial charge < -0.3 is 4.74 Å². The first-order valence-electron chi connectivity index (χ1n) is 4.99. The predicted octanol–water partition coefficient (Wildman–Crippen LogP) is 1.97. The summed E-state index contributed by atoms with van der Waals surface area (Å²) in [7, 11) is 1.51. The van der Waals surface area contributed by atoms with Gasteiger partial charge in [0.2, 0.25) is 0 Å². The summed E-state index contributed by atoms with van der Waals surface area (Å²) in [6.45, 7) is 0. The third-order valence-electron chi connectivity index (χ3n) is 2.35. The smallest absolute Gasteiger partial charge is 0.265 e. The summed E-state index contributed by atoms with van der Waals surface area (Å²) in [5, 5.41) is 15.5. The lowest BCUT2D eigenvalue weighted by atomic mass is 10.1. The molecule has 1 aromatic carbocycles. The van der Waals surface area contributed by atoms with Crippen LogP contribution in [-0.4, -0.2) is 17.3 Å². The second kappa shape index (κ2) is 4.90. The minimum absolute atomic E-state index is 0.194. The van der Waals surface area contributed by atoms with E-state index in [1.54, 1.807) is 18.2 Å². The lowest BCUT2D eigenvalue weighted by molar-refractivity contribution is 0.415. The molecule has 0 saturated heterocycles. The van der Waals surface area contributed by atoms with Gasteiger partial charge in [0, 0.05) is 11.6 Å². The van der Waals surface area contributed by atoms with Crippen LogP contribution >= 0.6 is 11.6 Å². The topological polar surface area (TPSA) is 78.8 Å². The summed E-state index contributed by atoms with van der Waals surface area (Å²) in [6, 6.07) is 8.13. The minimum Gasteiger partial charge on any atom is -0.495 e. The average Bonchev–Trinajstić information content (AvgIpc) is 2.38. The van der Waals surface area contributed by atoms with E-state index >= 15 is 0 Å². The van der Waals surface area contributed by atoms with Gasteiger partial charge in [-0.15, -0.1) is 0 Å². The van der Waals surface area contributed by atoms with E-state index in [1.165, 1.54) is 13.2 Å². The highest BCUT2D eigenvalue weighted by Gasteiger charge is 2.10. The van der Waals surface area contributed by atoms with Crippen LogP contribution in [-0.2, 0) is 0 Å². The van der Waals surface area contributed by atoms with Crippen molar-refractivity contribution in [1.82, 2.24) is 10.2 Å². The monoisotopic (exact) mass is 261 g/mol. The lowest BCUT2D eigenvalue weighted by Gasteiger charge is -2.06. The Morgan fingerprint density at radius 3 is 2.83 bits per heavy atom. The van der Waals surface area contributed by atoms with Crippen molar-refractivity contribution in [3.8, 4) is 23.1 Å². The number of H-pyrrole nitrogens is 1. The Hall–Kier alpha value is -2.32. The number of aromatic amines is 1. The third-order valence-corrected chi connectivity index (χ3v) is 2.65. The van der Waals surface area contributed by atoms with Crippen LogP contribution in [0.4, 0.5) is 0 Å². The summed E-state index contributed by atoms with van der Waals surface area (Å²) < 4.78 is 5.04. The lowest BCUT2D eigenvalue weighted by Crippen LogP contribution is -2.08. The molecule has 0 aliphatic rings. The van der Waals surface area contributed by atoms with E-state index in [1.807, 2.05) is 6.07 Å². The molecule has 0 radical (unpaired) electrons. The van der Waals surface area contributed by atoms with Crippen LogP contribution in [0.2, 0.25) is 5.02 Å². The summed E-state index contributed by atoms with van der Waals surface area (Å²) in [5.41, 5.74) is 0.783. The minimum atomic E-state index is -0.421. The first kappa shape index (κ1) is 12.1. The van der Waals surface area contributed by atoms with Gasteiger partial charge in [-0.3, -0.25) is 4.79 Å². The van der Waals surface area contributed by atoms with Crippen molar-refractivity contribution >= 4 is 11.6 Å². The van der Waals surface area contributed by atoms with Crippen LogP contribution in [0.1, 0.15) is 5.56 Å². The van der Waals surface area contributed by atoms with Gasteiger partial charge in [-0.1, -0.05) is 11.6 Å². The van der Waals surface area contributed by atoms with Crippen molar-refractivity contribution in [3.05, 3.63) is 45.2 Å². The molecule has 0 spiro atoms. The highest BCUT2D eigenvalue weighted by molar-refractivity contribution is 6.32. The van der Waals surface area contributed by atoms with Crippen molar-refractivity contribution in [3.63, 3.8) is 0 Å². The molecule has 0 amide bonds. The van der Waals surface area contributed by atoms with Gasteiger partial charge >= 0.3 is 0 Å². The van der Waals surface area contributed by atoms with E-state index in [-0.39, 0.29) is 5.56 Å². The number of halogens is 1.